The molecule has 0 aliphatic rings. The van der Waals surface area contributed by atoms with E-state index in [9.17, 15) is 29.3 Å². The Bertz CT molecular complexity index is 2980. The topological polar surface area (TPSA) is 352 Å². The molecule has 4 aromatic heterocycles. The predicted molar refractivity (Wildman–Crippen MR) is 306 cm³/mol. The minimum Gasteiger partial charge on any atom is -0.494 e. The van der Waals surface area contributed by atoms with Gasteiger partial charge in [0.1, 0.15) is 28.9 Å². The van der Waals surface area contributed by atoms with Gasteiger partial charge in [-0.2, -0.15) is 20.2 Å². The number of nitrogens with one attached hydrogen (secondary N) is 6. The van der Waals surface area contributed by atoms with Crippen molar-refractivity contribution in [3.05, 3.63) is 95.8 Å². The SMILES string of the molecule is CCOC(=O)CCCOc1ccc(Nc2nc(Nc3cnn(CCCNC(=O)OC(C)(C)C)c3)ncc2N)cc1.CCOC(=O)CCCOc1ccc(Nc2nc(Nc3cnn(CCCNC(=O)OC(C)(C)C)c3)ncc2[N+](=O)[O-])cc1. The van der Waals surface area contributed by atoms with Gasteiger partial charge in [-0.05, 0) is 130 Å². The largest absolute Gasteiger partial charge is 0.494 e. The van der Waals surface area contributed by atoms with Crippen molar-refractivity contribution in [2.45, 2.75) is 118 Å². The summed E-state index contributed by atoms with van der Waals surface area (Å²) in [5.74, 6) is 1.72. The van der Waals surface area contributed by atoms with E-state index in [0.717, 1.165) is 11.9 Å². The van der Waals surface area contributed by atoms with Gasteiger partial charge in [0.15, 0.2) is 5.82 Å². The third-order valence-corrected chi connectivity index (χ3v) is 10.5. The minimum absolute atomic E-state index is 0.00112. The summed E-state index contributed by atoms with van der Waals surface area (Å²) in [5, 5.41) is 37.9. The number of nitro groups is 1. The number of hydrogen-bond acceptors (Lipinski definition) is 23. The Balaban J connectivity index is 0.000000301. The molecule has 4 heterocycles. The van der Waals surface area contributed by atoms with Gasteiger partial charge in [-0.15, -0.1) is 0 Å². The van der Waals surface area contributed by atoms with Gasteiger partial charge in [0.2, 0.25) is 17.7 Å². The van der Waals surface area contributed by atoms with Crippen LogP contribution in [0.15, 0.2) is 85.7 Å². The number of benzene rings is 2. The standard InChI is InChI=1S/C27H36N8O7.C27H38N8O5/c1-5-40-23(36)8-6-15-41-21-11-9-19(10-12-21)31-24-22(35(38)39)17-29-25(33-24)32-20-16-30-34(18-20)14-7-13-28-26(37)42-27(2,3)4;1-5-38-23(36)8-6-15-39-21-11-9-19(10-12-21)32-24-22(28)17-30-25(34-24)33-20-16-31-35(18-20)14-7-13-29-26(37)40-27(2,3)4/h9-12,16-18H,5-8,13-15H2,1-4H3,(H,28,37)(H2,29,31,32,33);9-12,16-18H,5-8,13-15,28H2,1-4H3,(H,29,37)(H2,30,32,33,34). The number of nitrogens with two attached hydrogens (primary N) is 1. The molecular formula is C54H74N16O12. The summed E-state index contributed by atoms with van der Waals surface area (Å²) in [6, 6.07) is 14.1. The van der Waals surface area contributed by atoms with Crippen molar-refractivity contribution in [2.75, 3.05) is 66.5 Å². The molecule has 28 nitrogen and oxygen atoms in total. The quantitative estimate of drug-likeness (QED) is 0.00756. The number of nitrogens with zero attached hydrogens (tertiary/aromatic N) is 9. The van der Waals surface area contributed by atoms with Gasteiger partial charge in [0.05, 0.1) is 67.0 Å². The van der Waals surface area contributed by atoms with Gasteiger partial charge >= 0.3 is 29.8 Å². The molecule has 0 saturated heterocycles. The number of amides is 2. The van der Waals surface area contributed by atoms with E-state index >= 15 is 0 Å². The monoisotopic (exact) mass is 1140 g/mol. The van der Waals surface area contributed by atoms with Gasteiger partial charge < -0.3 is 66.1 Å². The molecular weight excluding hydrogens is 1060 g/mol. The number of anilines is 9. The predicted octanol–water partition coefficient (Wildman–Crippen LogP) is 9.08. The van der Waals surface area contributed by atoms with Crippen molar-refractivity contribution >= 4 is 81.8 Å². The first-order chi connectivity index (χ1) is 39.1. The van der Waals surface area contributed by atoms with E-state index < -0.39 is 28.3 Å². The van der Waals surface area contributed by atoms with E-state index in [4.69, 9.17) is 34.2 Å². The fourth-order valence-corrected chi connectivity index (χ4v) is 6.88. The third kappa shape index (κ3) is 24.3. The minimum atomic E-state index is -0.573. The van der Waals surface area contributed by atoms with Gasteiger partial charge in [0.25, 0.3) is 0 Å². The number of aromatic nitrogens is 8. The van der Waals surface area contributed by atoms with Gasteiger partial charge in [-0.25, -0.2) is 19.6 Å². The van der Waals surface area contributed by atoms with Crippen LogP contribution < -0.4 is 47.1 Å². The van der Waals surface area contributed by atoms with Crippen molar-refractivity contribution in [3.63, 3.8) is 0 Å². The zero-order valence-electron chi connectivity index (χ0n) is 47.5. The van der Waals surface area contributed by atoms with E-state index in [0.29, 0.717) is 131 Å². The summed E-state index contributed by atoms with van der Waals surface area (Å²) >= 11 is 0. The highest BCUT2D eigenvalue weighted by Crippen LogP contribution is 2.29. The fourth-order valence-electron chi connectivity index (χ4n) is 6.88. The lowest BCUT2D eigenvalue weighted by atomic mass is 10.2. The summed E-state index contributed by atoms with van der Waals surface area (Å²) < 4.78 is 35.0. The van der Waals surface area contributed by atoms with Crippen LogP contribution in [0.2, 0.25) is 0 Å². The number of nitrogen functional groups attached to an aromatic ring is 1. The zero-order chi connectivity index (χ0) is 59.5. The molecule has 0 radical (unpaired) electrons. The highest BCUT2D eigenvalue weighted by atomic mass is 16.6. The van der Waals surface area contributed by atoms with Crippen LogP contribution in [0.1, 0.15) is 93.9 Å². The Morgan fingerprint density at radius 1 is 0.585 bits per heavy atom. The Morgan fingerprint density at radius 2 is 1.01 bits per heavy atom. The number of hydrogen-bond donors (Lipinski definition) is 7. The van der Waals surface area contributed by atoms with Gasteiger partial charge in [-0.3, -0.25) is 29.1 Å². The molecule has 442 valence electrons. The molecule has 0 saturated carbocycles. The Hall–Kier alpha value is -9.50. The first-order valence-corrected chi connectivity index (χ1v) is 26.6. The molecule has 0 aliphatic heterocycles. The Kier molecular flexibility index (Phi) is 24.7. The number of alkyl carbamates (subject to hydrolysis) is 2. The van der Waals surface area contributed by atoms with Crippen molar-refractivity contribution in [1.82, 2.24) is 50.1 Å². The third-order valence-electron chi connectivity index (χ3n) is 10.5. The van der Waals surface area contributed by atoms with Crippen LogP contribution in [0.25, 0.3) is 0 Å². The maximum atomic E-state index is 11.7. The molecule has 0 unspecified atom stereocenters. The van der Waals surface area contributed by atoms with Crippen molar-refractivity contribution in [2.24, 2.45) is 0 Å². The fraction of sp³-hybridized carbons (Fsp3) is 0.444. The van der Waals surface area contributed by atoms with Gasteiger partial charge in [0, 0.05) is 62.8 Å². The average Bonchev–Trinajstić information content (AvgIpc) is 4.10. The maximum Gasteiger partial charge on any atom is 0.407 e. The molecule has 2 amide bonds. The van der Waals surface area contributed by atoms with E-state index in [1.165, 1.54) is 6.20 Å². The number of aryl methyl sites for hydroxylation is 2. The molecule has 0 atom stereocenters. The van der Waals surface area contributed by atoms with E-state index in [1.807, 2.05) is 51.2 Å². The molecule has 0 spiro atoms. The molecule has 0 aliphatic carbocycles. The second kappa shape index (κ2) is 31.9. The number of esters is 2. The summed E-state index contributed by atoms with van der Waals surface area (Å²) in [5.41, 5.74) is 7.69. The van der Waals surface area contributed by atoms with Crippen LogP contribution in [0.4, 0.5) is 67.2 Å². The van der Waals surface area contributed by atoms with E-state index in [-0.39, 0.29) is 35.8 Å². The molecule has 6 aromatic rings. The lowest BCUT2D eigenvalue weighted by molar-refractivity contribution is -0.384. The summed E-state index contributed by atoms with van der Waals surface area (Å²) in [4.78, 5) is 74.3. The zero-order valence-corrected chi connectivity index (χ0v) is 47.5. The highest BCUT2D eigenvalue weighted by Gasteiger charge is 2.20. The van der Waals surface area contributed by atoms with Crippen molar-refractivity contribution < 1.29 is 52.5 Å². The molecule has 0 fully saturated rings. The van der Waals surface area contributed by atoms with E-state index in [1.54, 1.807) is 86.8 Å². The normalized spacial score (nSPS) is 11.0. The van der Waals surface area contributed by atoms with Crippen LogP contribution in [0.5, 0.6) is 11.5 Å². The lowest BCUT2D eigenvalue weighted by Gasteiger charge is -2.19. The smallest absolute Gasteiger partial charge is 0.407 e. The average molecular weight is 1140 g/mol. The van der Waals surface area contributed by atoms with Crippen molar-refractivity contribution in [3.8, 4) is 11.5 Å². The molecule has 2 aromatic carbocycles. The van der Waals surface area contributed by atoms with Crippen LogP contribution in [-0.2, 0) is 41.6 Å². The first kappa shape index (κ1) is 63.3. The number of rotatable bonds is 29. The first-order valence-electron chi connectivity index (χ1n) is 26.6. The van der Waals surface area contributed by atoms with Crippen LogP contribution in [0.3, 0.4) is 0 Å². The Labute approximate surface area is 475 Å². The lowest BCUT2D eigenvalue weighted by Crippen LogP contribution is -2.33. The number of ether oxygens (including phenoxy) is 6. The summed E-state index contributed by atoms with van der Waals surface area (Å²) in [6.45, 7) is 17.9. The summed E-state index contributed by atoms with van der Waals surface area (Å²) in [6.07, 6.45) is 11.5. The molecule has 8 N–H and O–H groups in total. The van der Waals surface area contributed by atoms with Crippen LogP contribution >= 0.6 is 0 Å². The summed E-state index contributed by atoms with van der Waals surface area (Å²) in [7, 11) is 0. The van der Waals surface area contributed by atoms with E-state index in [2.05, 4.69) is 62.0 Å². The molecule has 82 heavy (non-hydrogen) atoms. The van der Waals surface area contributed by atoms with Crippen molar-refractivity contribution in [1.29, 1.82) is 0 Å². The Morgan fingerprint density at radius 3 is 1.44 bits per heavy atom. The van der Waals surface area contributed by atoms with Crippen LogP contribution in [-0.4, -0.2) is 119 Å². The van der Waals surface area contributed by atoms with Crippen LogP contribution in [0, 0.1) is 10.1 Å². The second-order valence-electron chi connectivity index (χ2n) is 19.8. The molecule has 6 rings (SSSR count). The number of carbonyl (C=O) groups excluding carboxylic acids is 4. The molecule has 0 bridgehead atoms. The highest BCUT2D eigenvalue weighted by molar-refractivity contribution is 5.72. The number of carbonyl (C=O) groups is 4. The molecule has 28 heteroatoms. The second-order valence-corrected chi connectivity index (χ2v) is 19.8. The maximum absolute atomic E-state index is 11.7. The van der Waals surface area contributed by atoms with Gasteiger partial charge in [-0.1, -0.05) is 0 Å².